The molecule has 2 aromatic carbocycles. The number of aryl methyl sites for hydroxylation is 1. The van der Waals surface area contributed by atoms with Crippen molar-refractivity contribution in [1.29, 1.82) is 0 Å². The number of nitrogens with zero attached hydrogens (tertiary/aromatic N) is 2. The zero-order valence-corrected chi connectivity index (χ0v) is 17.3. The first-order valence-corrected chi connectivity index (χ1v) is 10.6. The molecule has 1 fully saturated rings. The van der Waals surface area contributed by atoms with E-state index in [1.54, 1.807) is 28.8 Å². The number of pyridine rings is 1. The molecule has 2 aliphatic heterocycles. The number of aromatic nitrogens is 1. The van der Waals surface area contributed by atoms with Crippen LogP contribution in [-0.4, -0.2) is 28.6 Å². The van der Waals surface area contributed by atoms with E-state index in [1.165, 1.54) is 12.1 Å². The zero-order chi connectivity index (χ0) is 21.5. The predicted molar refractivity (Wildman–Crippen MR) is 119 cm³/mol. The number of fused-ring (bicyclic) bond motifs is 4. The molecule has 2 amide bonds. The van der Waals surface area contributed by atoms with E-state index in [-0.39, 0.29) is 29.2 Å². The Kier molecular flexibility index (Phi) is 4.85. The van der Waals surface area contributed by atoms with Gasteiger partial charge in [-0.15, -0.1) is 0 Å². The van der Waals surface area contributed by atoms with Gasteiger partial charge in [0.25, 0.3) is 5.56 Å². The van der Waals surface area contributed by atoms with Crippen molar-refractivity contribution in [3.05, 3.63) is 88.1 Å². The summed E-state index contributed by atoms with van der Waals surface area (Å²) in [6, 6.07) is 17.4. The lowest BCUT2D eigenvalue weighted by molar-refractivity contribution is 0.140. The Morgan fingerprint density at radius 3 is 2.52 bits per heavy atom. The third-order valence-corrected chi connectivity index (χ3v) is 6.34. The van der Waals surface area contributed by atoms with Crippen LogP contribution in [0.5, 0.6) is 0 Å². The fourth-order valence-electron chi connectivity index (χ4n) is 4.93. The Balaban J connectivity index is 1.47. The minimum Gasteiger partial charge on any atom is -0.324 e. The highest BCUT2D eigenvalue weighted by Gasteiger charge is 2.38. The number of carbonyl (C=O) groups is 1. The van der Waals surface area contributed by atoms with Gasteiger partial charge in [-0.2, -0.15) is 0 Å². The van der Waals surface area contributed by atoms with Crippen molar-refractivity contribution >= 4 is 11.7 Å². The van der Waals surface area contributed by atoms with Crippen molar-refractivity contribution in [2.45, 2.75) is 25.8 Å². The van der Waals surface area contributed by atoms with Gasteiger partial charge < -0.3 is 14.8 Å². The lowest BCUT2D eigenvalue weighted by atomic mass is 9.80. The molecule has 1 saturated heterocycles. The summed E-state index contributed by atoms with van der Waals surface area (Å²) in [6.45, 7) is 3.65. The van der Waals surface area contributed by atoms with E-state index < -0.39 is 0 Å². The van der Waals surface area contributed by atoms with Crippen LogP contribution < -0.4 is 10.9 Å². The molecule has 31 heavy (non-hydrogen) atoms. The van der Waals surface area contributed by atoms with Crippen molar-refractivity contribution in [1.82, 2.24) is 9.47 Å². The third-order valence-electron chi connectivity index (χ3n) is 6.34. The van der Waals surface area contributed by atoms with E-state index >= 15 is 0 Å². The highest BCUT2D eigenvalue weighted by Crippen LogP contribution is 2.40. The van der Waals surface area contributed by atoms with Gasteiger partial charge in [-0.3, -0.25) is 4.79 Å². The van der Waals surface area contributed by atoms with Crippen molar-refractivity contribution in [3.63, 3.8) is 0 Å². The summed E-state index contributed by atoms with van der Waals surface area (Å²) in [7, 11) is 0. The van der Waals surface area contributed by atoms with Gasteiger partial charge in [0, 0.05) is 54.1 Å². The van der Waals surface area contributed by atoms with Crippen LogP contribution in [0, 0.1) is 18.7 Å². The average Bonchev–Trinajstić information content (AvgIpc) is 2.76. The van der Waals surface area contributed by atoms with Gasteiger partial charge in [0.1, 0.15) is 5.82 Å². The lowest BCUT2D eigenvalue weighted by Crippen LogP contribution is -2.50. The second-order valence-electron chi connectivity index (χ2n) is 8.56. The van der Waals surface area contributed by atoms with Crippen LogP contribution in [0.25, 0.3) is 11.1 Å². The molecule has 1 aromatic heterocycles. The van der Waals surface area contributed by atoms with Crippen LogP contribution in [0.15, 0.2) is 65.5 Å². The number of amides is 2. The van der Waals surface area contributed by atoms with Crippen molar-refractivity contribution in [2.75, 3.05) is 18.4 Å². The second kappa shape index (κ2) is 7.69. The molecule has 6 heteroatoms. The fourth-order valence-corrected chi connectivity index (χ4v) is 4.93. The standard InChI is InChI=1S/C25H24FN3O2/c1-16-6-8-19(9-7-16)27-25(31)28-13-17-12-18(15-28)24-21(10-11-23(30)29(24)14-17)20-4-2-3-5-22(20)26/h2-11,17-18H,12-15H2,1H3,(H,27,31)/t17-,18-/m1/s1. The molecule has 1 N–H and O–H groups in total. The first-order chi connectivity index (χ1) is 15.0. The number of likely N-dealkylation sites (tertiary alicyclic amines) is 1. The summed E-state index contributed by atoms with van der Waals surface area (Å²) in [6.07, 6.45) is 0.888. The molecule has 0 saturated carbocycles. The molecule has 2 aliphatic rings. The van der Waals surface area contributed by atoms with Crippen molar-refractivity contribution < 1.29 is 9.18 Å². The molecule has 5 nitrogen and oxygen atoms in total. The van der Waals surface area contributed by atoms with E-state index in [0.29, 0.717) is 25.2 Å². The average molecular weight is 417 g/mol. The predicted octanol–water partition coefficient (Wildman–Crippen LogP) is 4.61. The van der Waals surface area contributed by atoms with Gasteiger partial charge in [0.05, 0.1) is 0 Å². The van der Waals surface area contributed by atoms with E-state index in [4.69, 9.17) is 0 Å². The summed E-state index contributed by atoms with van der Waals surface area (Å²) < 4.78 is 16.4. The molecule has 5 rings (SSSR count). The highest BCUT2D eigenvalue weighted by atomic mass is 19.1. The van der Waals surface area contributed by atoms with E-state index in [1.807, 2.05) is 36.1 Å². The SMILES string of the molecule is Cc1ccc(NC(=O)N2C[C@H]3C[C@H](C2)c2c(-c4ccccc4F)ccc(=O)n2C3)cc1. The summed E-state index contributed by atoms with van der Waals surface area (Å²) in [4.78, 5) is 27.4. The Bertz CT molecular complexity index is 1200. The first kappa shape index (κ1) is 19.5. The van der Waals surface area contributed by atoms with E-state index in [2.05, 4.69) is 5.32 Å². The molecule has 0 radical (unpaired) electrons. The number of hydrogen-bond acceptors (Lipinski definition) is 2. The summed E-state index contributed by atoms with van der Waals surface area (Å²) >= 11 is 0. The van der Waals surface area contributed by atoms with Gasteiger partial charge in [0.15, 0.2) is 0 Å². The number of halogens is 1. The van der Waals surface area contributed by atoms with Gasteiger partial charge in [0.2, 0.25) is 0 Å². The number of urea groups is 1. The van der Waals surface area contributed by atoms with Crippen LogP contribution in [0.3, 0.4) is 0 Å². The van der Waals surface area contributed by atoms with Crippen molar-refractivity contribution in [3.8, 4) is 11.1 Å². The Labute approximate surface area is 180 Å². The summed E-state index contributed by atoms with van der Waals surface area (Å²) in [5.41, 5.74) is 3.89. The number of piperidine rings is 1. The quantitative estimate of drug-likeness (QED) is 0.662. The van der Waals surface area contributed by atoms with E-state index in [9.17, 15) is 14.0 Å². The molecular formula is C25H24FN3O2. The maximum absolute atomic E-state index is 14.6. The van der Waals surface area contributed by atoms with Gasteiger partial charge in [-0.05, 0) is 43.5 Å². The molecule has 2 bridgehead atoms. The molecular weight excluding hydrogens is 393 g/mol. The second-order valence-corrected chi connectivity index (χ2v) is 8.56. The maximum atomic E-state index is 14.6. The minimum absolute atomic E-state index is 0.0141. The van der Waals surface area contributed by atoms with Gasteiger partial charge in [-0.1, -0.05) is 35.9 Å². The van der Waals surface area contributed by atoms with Gasteiger partial charge >= 0.3 is 6.03 Å². The molecule has 0 unspecified atom stereocenters. The Morgan fingerprint density at radius 2 is 1.74 bits per heavy atom. The largest absolute Gasteiger partial charge is 0.324 e. The Hall–Kier alpha value is -3.41. The monoisotopic (exact) mass is 417 g/mol. The molecule has 2 atom stereocenters. The number of hydrogen-bond donors (Lipinski definition) is 1. The molecule has 158 valence electrons. The Morgan fingerprint density at radius 1 is 0.968 bits per heavy atom. The molecule has 0 spiro atoms. The van der Waals surface area contributed by atoms with Crippen LogP contribution in [0.4, 0.5) is 14.9 Å². The fraction of sp³-hybridized carbons (Fsp3) is 0.280. The highest BCUT2D eigenvalue weighted by molar-refractivity contribution is 5.89. The van der Waals surface area contributed by atoms with Crippen LogP contribution in [-0.2, 0) is 6.54 Å². The maximum Gasteiger partial charge on any atom is 0.321 e. The summed E-state index contributed by atoms with van der Waals surface area (Å²) in [5, 5.41) is 2.98. The zero-order valence-electron chi connectivity index (χ0n) is 17.3. The van der Waals surface area contributed by atoms with Crippen molar-refractivity contribution in [2.24, 2.45) is 5.92 Å². The van der Waals surface area contributed by atoms with Crippen LogP contribution in [0.2, 0.25) is 0 Å². The van der Waals surface area contributed by atoms with Crippen LogP contribution >= 0.6 is 0 Å². The van der Waals surface area contributed by atoms with Crippen LogP contribution in [0.1, 0.15) is 23.6 Å². The molecule has 3 heterocycles. The number of carbonyl (C=O) groups excluding carboxylic acids is 1. The number of rotatable bonds is 2. The smallest absolute Gasteiger partial charge is 0.321 e. The minimum atomic E-state index is -0.309. The summed E-state index contributed by atoms with van der Waals surface area (Å²) in [5.74, 6) is -0.126. The van der Waals surface area contributed by atoms with Gasteiger partial charge in [-0.25, -0.2) is 9.18 Å². The number of anilines is 1. The third kappa shape index (κ3) is 3.63. The first-order valence-electron chi connectivity index (χ1n) is 10.6. The molecule has 0 aliphatic carbocycles. The number of benzene rings is 2. The normalized spacial score (nSPS) is 19.6. The topological polar surface area (TPSA) is 54.3 Å². The lowest BCUT2D eigenvalue weighted by Gasteiger charge is -2.43. The number of nitrogens with one attached hydrogen (secondary N) is 1. The van der Waals surface area contributed by atoms with E-state index in [0.717, 1.165) is 28.9 Å². The molecule has 3 aromatic rings.